The normalized spacial score (nSPS) is 22.1. The third-order valence-corrected chi connectivity index (χ3v) is 4.96. The zero-order chi connectivity index (χ0) is 18.4. The number of amides is 2. The van der Waals surface area contributed by atoms with Crippen LogP contribution in [-0.2, 0) is 9.59 Å². The van der Waals surface area contributed by atoms with Crippen molar-refractivity contribution in [3.63, 3.8) is 0 Å². The molecule has 0 spiro atoms. The fraction of sp³-hybridized carbons (Fsp3) is 0.579. The molecule has 1 saturated carbocycles. The molecule has 1 aliphatic rings. The minimum absolute atomic E-state index is 0. The Morgan fingerprint density at radius 2 is 2.04 bits per heavy atom. The molecule has 1 aromatic rings. The summed E-state index contributed by atoms with van der Waals surface area (Å²) in [7, 11) is 1.55. The lowest BCUT2D eigenvalue weighted by atomic mass is 9.74. The molecule has 0 saturated heterocycles. The van der Waals surface area contributed by atoms with Crippen molar-refractivity contribution < 1.29 is 14.3 Å². The molecule has 2 amide bonds. The van der Waals surface area contributed by atoms with Gasteiger partial charge in [-0.05, 0) is 38.8 Å². The Morgan fingerprint density at radius 3 is 2.65 bits per heavy atom. The van der Waals surface area contributed by atoms with Crippen LogP contribution in [0.4, 0.5) is 5.69 Å². The van der Waals surface area contributed by atoms with E-state index in [0.29, 0.717) is 18.0 Å². The van der Waals surface area contributed by atoms with Crippen LogP contribution in [0.2, 0.25) is 0 Å². The summed E-state index contributed by atoms with van der Waals surface area (Å²) in [6.07, 6.45) is 3.69. The van der Waals surface area contributed by atoms with E-state index in [9.17, 15) is 9.59 Å². The molecule has 0 heterocycles. The first kappa shape index (κ1) is 22.3. The number of nitrogens with one attached hydrogen (secondary N) is 1. The molecular weight excluding hydrogens is 354 g/mol. The molecular formula is C19H30ClN3O3. The highest BCUT2D eigenvalue weighted by atomic mass is 35.5. The average Bonchev–Trinajstić information content (AvgIpc) is 2.59. The summed E-state index contributed by atoms with van der Waals surface area (Å²) in [4.78, 5) is 26.9. The van der Waals surface area contributed by atoms with Crippen molar-refractivity contribution in [2.45, 2.75) is 45.1 Å². The molecule has 0 radical (unpaired) electrons. The van der Waals surface area contributed by atoms with Gasteiger partial charge in [0.2, 0.25) is 11.8 Å². The molecule has 0 aromatic heterocycles. The number of methoxy groups -OCH3 is 1. The maximum Gasteiger partial charge on any atom is 0.244 e. The van der Waals surface area contributed by atoms with Gasteiger partial charge in [-0.1, -0.05) is 25.0 Å². The highest BCUT2D eigenvalue weighted by molar-refractivity contribution is 5.96. The van der Waals surface area contributed by atoms with E-state index >= 15 is 0 Å². The van der Waals surface area contributed by atoms with Crippen molar-refractivity contribution in [2.24, 2.45) is 11.7 Å². The number of para-hydroxylation sites is 2. The first-order valence-electron chi connectivity index (χ1n) is 8.89. The number of ether oxygens (including phenoxy) is 1. The fourth-order valence-corrected chi connectivity index (χ4v) is 3.44. The second-order valence-corrected chi connectivity index (χ2v) is 6.91. The molecule has 2 atom stereocenters. The summed E-state index contributed by atoms with van der Waals surface area (Å²) >= 11 is 0. The van der Waals surface area contributed by atoms with Crippen LogP contribution in [0.5, 0.6) is 5.75 Å². The smallest absolute Gasteiger partial charge is 0.244 e. The highest BCUT2D eigenvalue weighted by Gasteiger charge is 2.39. The van der Waals surface area contributed by atoms with Gasteiger partial charge in [-0.15, -0.1) is 12.4 Å². The third kappa shape index (κ3) is 5.35. The molecule has 3 N–H and O–H groups in total. The summed E-state index contributed by atoms with van der Waals surface area (Å²) in [6.45, 7) is 4.31. The van der Waals surface area contributed by atoms with E-state index in [1.165, 1.54) is 0 Å². The minimum Gasteiger partial charge on any atom is -0.495 e. The van der Waals surface area contributed by atoms with Crippen molar-refractivity contribution in [2.75, 3.05) is 25.5 Å². The zero-order valence-corrected chi connectivity index (χ0v) is 16.6. The van der Waals surface area contributed by atoms with Crippen LogP contribution in [0, 0.1) is 5.92 Å². The van der Waals surface area contributed by atoms with E-state index in [2.05, 4.69) is 5.32 Å². The van der Waals surface area contributed by atoms with Gasteiger partial charge >= 0.3 is 0 Å². The van der Waals surface area contributed by atoms with Crippen molar-refractivity contribution in [3.8, 4) is 5.75 Å². The van der Waals surface area contributed by atoms with Crippen molar-refractivity contribution in [3.05, 3.63) is 24.3 Å². The van der Waals surface area contributed by atoms with Crippen LogP contribution in [0.3, 0.4) is 0 Å². The molecule has 26 heavy (non-hydrogen) atoms. The van der Waals surface area contributed by atoms with Gasteiger partial charge in [0.25, 0.3) is 0 Å². The number of carbonyl (C=O) groups excluding carboxylic acids is 2. The number of nitrogens with zero attached hydrogens (tertiary/aromatic N) is 1. The topological polar surface area (TPSA) is 84.7 Å². The predicted octanol–water partition coefficient (Wildman–Crippen LogP) is 2.81. The minimum atomic E-state index is -0.498. The van der Waals surface area contributed by atoms with Gasteiger partial charge in [0.1, 0.15) is 5.75 Å². The lowest BCUT2D eigenvalue weighted by molar-refractivity contribution is -0.141. The van der Waals surface area contributed by atoms with Crippen LogP contribution in [0.25, 0.3) is 0 Å². The summed E-state index contributed by atoms with van der Waals surface area (Å²) in [6, 6.07) is 7.21. The van der Waals surface area contributed by atoms with E-state index in [0.717, 1.165) is 25.7 Å². The molecule has 0 aliphatic heterocycles. The molecule has 6 nitrogen and oxygen atoms in total. The first-order chi connectivity index (χ1) is 11.9. The van der Waals surface area contributed by atoms with Crippen LogP contribution in [0.15, 0.2) is 24.3 Å². The highest BCUT2D eigenvalue weighted by Crippen LogP contribution is 2.33. The second kappa shape index (κ2) is 9.78. The van der Waals surface area contributed by atoms with Crippen LogP contribution in [0.1, 0.15) is 39.5 Å². The Bertz CT molecular complexity index is 622. The summed E-state index contributed by atoms with van der Waals surface area (Å²) in [5.74, 6) is 0.101. The lowest BCUT2D eigenvalue weighted by Crippen LogP contribution is -2.54. The standard InChI is InChI=1S/C19H29N3O3.ClH/c1-4-22(18(24)14-9-7-8-12-19(14,2)20)13-17(23)21-15-10-5-6-11-16(15)25-3;/h5-6,10-11,14H,4,7-9,12-13,20H2,1-3H3,(H,21,23);1H. The Hall–Kier alpha value is -1.79. The van der Waals surface area contributed by atoms with Crippen molar-refractivity contribution in [1.29, 1.82) is 0 Å². The Kier molecular flexibility index (Phi) is 8.37. The van der Waals surface area contributed by atoms with Crippen molar-refractivity contribution >= 4 is 29.9 Å². The van der Waals surface area contributed by atoms with Crippen molar-refractivity contribution in [1.82, 2.24) is 4.90 Å². The maximum absolute atomic E-state index is 12.9. The van der Waals surface area contributed by atoms with E-state index in [1.54, 1.807) is 24.1 Å². The van der Waals surface area contributed by atoms with Gasteiger partial charge in [0.05, 0.1) is 25.3 Å². The first-order valence-corrected chi connectivity index (χ1v) is 8.89. The monoisotopic (exact) mass is 383 g/mol. The van der Waals surface area contributed by atoms with Gasteiger partial charge in [0, 0.05) is 12.1 Å². The quantitative estimate of drug-likeness (QED) is 0.791. The Balaban J connectivity index is 0.00000338. The SMILES string of the molecule is CCN(CC(=O)Nc1ccccc1OC)C(=O)C1CCCCC1(C)N.Cl. The van der Waals surface area contributed by atoms with Crippen LogP contribution in [-0.4, -0.2) is 42.5 Å². The number of anilines is 1. The molecule has 1 aliphatic carbocycles. The van der Waals surface area contributed by atoms with Gasteiger partial charge in [-0.3, -0.25) is 9.59 Å². The number of likely N-dealkylation sites (N-methyl/N-ethyl adjacent to an activating group) is 1. The van der Waals surface area contributed by atoms with E-state index in [1.807, 2.05) is 26.0 Å². The Labute approximate surface area is 161 Å². The number of hydrogen-bond acceptors (Lipinski definition) is 4. The number of halogens is 1. The number of carbonyl (C=O) groups is 2. The molecule has 2 unspecified atom stereocenters. The zero-order valence-electron chi connectivity index (χ0n) is 15.8. The summed E-state index contributed by atoms with van der Waals surface area (Å²) in [5.41, 5.74) is 6.44. The molecule has 1 aromatic carbocycles. The number of benzene rings is 1. The van der Waals surface area contributed by atoms with Crippen LogP contribution >= 0.6 is 12.4 Å². The van der Waals surface area contributed by atoms with Gasteiger partial charge in [0.15, 0.2) is 0 Å². The second-order valence-electron chi connectivity index (χ2n) is 6.91. The van der Waals surface area contributed by atoms with E-state index in [-0.39, 0.29) is 36.7 Å². The molecule has 1 fully saturated rings. The molecule has 7 heteroatoms. The summed E-state index contributed by atoms with van der Waals surface area (Å²) < 4.78 is 5.24. The average molecular weight is 384 g/mol. The van der Waals surface area contributed by atoms with Crippen LogP contribution < -0.4 is 15.8 Å². The van der Waals surface area contributed by atoms with Gasteiger partial charge in [-0.25, -0.2) is 0 Å². The lowest BCUT2D eigenvalue weighted by Gasteiger charge is -2.39. The van der Waals surface area contributed by atoms with E-state index in [4.69, 9.17) is 10.5 Å². The largest absolute Gasteiger partial charge is 0.495 e. The fourth-order valence-electron chi connectivity index (χ4n) is 3.44. The Morgan fingerprint density at radius 1 is 1.35 bits per heavy atom. The van der Waals surface area contributed by atoms with Gasteiger partial charge < -0.3 is 20.7 Å². The third-order valence-electron chi connectivity index (χ3n) is 4.96. The number of nitrogens with two attached hydrogens (primary N) is 1. The predicted molar refractivity (Wildman–Crippen MR) is 106 cm³/mol. The number of hydrogen-bond donors (Lipinski definition) is 2. The molecule has 146 valence electrons. The van der Waals surface area contributed by atoms with E-state index < -0.39 is 5.54 Å². The maximum atomic E-state index is 12.9. The van der Waals surface area contributed by atoms with Gasteiger partial charge in [-0.2, -0.15) is 0 Å². The molecule has 0 bridgehead atoms. The summed E-state index contributed by atoms with van der Waals surface area (Å²) in [5, 5.41) is 2.82. The number of rotatable bonds is 6. The molecule has 2 rings (SSSR count).